The van der Waals surface area contributed by atoms with E-state index < -0.39 is 15.9 Å². The van der Waals surface area contributed by atoms with Crippen LogP contribution in [0.15, 0.2) is 52.2 Å². The van der Waals surface area contributed by atoms with E-state index in [-0.39, 0.29) is 16.3 Å². The van der Waals surface area contributed by atoms with Gasteiger partial charge in [-0.1, -0.05) is 6.07 Å². The smallest absolute Gasteiger partial charge is 0.259 e. The van der Waals surface area contributed by atoms with Gasteiger partial charge in [0.25, 0.3) is 5.91 Å². The molecule has 23 heavy (non-hydrogen) atoms. The largest absolute Gasteiger partial charge is 0.322 e. The molecule has 6 nitrogen and oxygen atoms in total. The average molecular weight is 350 g/mol. The fraction of sp³-hybridized carbons (Fsp3) is 0.0667. The number of primary sulfonamides is 1. The molecule has 0 saturated carbocycles. The number of nitrogens with two attached hydrogens (primary N) is 1. The minimum atomic E-state index is -3.79. The normalized spacial score (nSPS) is 12.0. The van der Waals surface area contributed by atoms with Crippen molar-refractivity contribution in [3.05, 3.63) is 52.2 Å². The van der Waals surface area contributed by atoms with Gasteiger partial charge in [0.2, 0.25) is 10.0 Å². The first-order valence-corrected chi connectivity index (χ1v) is 8.90. The van der Waals surface area contributed by atoms with Crippen LogP contribution in [0.2, 0.25) is 0 Å². The second kappa shape index (κ2) is 6.86. The highest BCUT2D eigenvalue weighted by Gasteiger charge is 2.15. The number of ketones is 1. The number of benzene rings is 1. The molecule has 0 bridgehead atoms. The topological polar surface area (TPSA) is 106 Å². The molecule has 0 atom stereocenters. The zero-order chi connectivity index (χ0) is 17.0. The van der Waals surface area contributed by atoms with Crippen molar-refractivity contribution in [1.82, 2.24) is 0 Å². The van der Waals surface area contributed by atoms with E-state index in [4.69, 9.17) is 5.14 Å². The van der Waals surface area contributed by atoms with Crippen LogP contribution in [0, 0.1) is 0 Å². The maximum atomic E-state index is 12.2. The van der Waals surface area contributed by atoms with Gasteiger partial charge in [0, 0.05) is 10.6 Å². The van der Waals surface area contributed by atoms with E-state index in [0.29, 0.717) is 5.69 Å². The van der Waals surface area contributed by atoms with Gasteiger partial charge in [-0.2, -0.15) is 0 Å². The molecule has 0 aliphatic carbocycles. The van der Waals surface area contributed by atoms with E-state index in [2.05, 4.69) is 5.32 Å². The molecule has 120 valence electrons. The van der Waals surface area contributed by atoms with E-state index in [0.717, 1.165) is 4.88 Å². The number of nitrogens with one attached hydrogen (secondary N) is 1. The van der Waals surface area contributed by atoms with Crippen molar-refractivity contribution in [3.63, 3.8) is 0 Å². The molecule has 0 fully saturated rings. The summed E-state index contributed by atoms with van der Waals surface area (Å²) in [6, 6.07) is 8.98. The molecule has 0 radical (unpaired) electrons. The van der Waals surface area contributed by atoms with E-state index >= 15 is 0 Å². The number of carbonyl (C=O) groups is 2. The Hall–Kier alpha value is -2.29. The SMILES string of the molecule is CC(=O)/C(=C\c1cccs1)C(=O)Nc1ccc(S(N)(=O)=O)cc1. The third kappa shape index (κ3) is 4.59. The lowest BCUT2D eigenvalue weighted by atomic mass is 10.1. The van der Waals surface area contributed by atoms with Gasteiger partial charge in [-0.15, -0.1) is 11.3 Å². The van der Waals surface area contributed by atoms with Crippen molar-refractivity contribution in [2.45, 2.75) is 11.8 Å². The highest BCUT2D eigenvalue weighted by molar-refractivity contribution is 7.89. The predicted octanol–water partition coefficient (Wildman–Crippen LogP) is 2.01. The lowest BCUT2D eigenvalue weighted by molar-refractivity contribution is -0.118. The van der Waals surface area contributed by atoms with Gasteiger partial charge in [0.05, 0.1) is 10.5 Å². The maximum absolute atomic E-state index is 12.2. The van der Waals surface area contributed by atoms with Crippen LogP contribution in [0.1, 0.15) is 11.8 Å². The standard InChI is InChI=1S/C15H14N2O4S2/c1-10(18)14(9-12-3-2-8-22-12)15(19)17-11-4-6-13(7-5-11)23(16,20)21/h2-9H,1H3,(H,17,19)(H2,16,20,21)/b14-9+. The first-order chi connectivity index (χ1) is 10.8. The lowest BCUT2D eigenvalue weighted by Crippen LogP contribution is -2.19. The molecule has 2 rings (SSSR count). The van der Waals surface area contributed by atoms with Crippen molar-refractivity contribution in [3.8, 4) is 0 Å². The number of anilines is 1. The van der Waals surface area contributed by atoms with Crippen LogP contribution in [0.4, 0.5) is 5.69 Å². The Morgan fingerprint density at radius 2 is 1.83 bits per heavy atom. The highest BCUT2D eigenvalue weighted by Crippen LogP contribution is 2.17. The average Bonchev–Trinajstić information content (AvgIpc) is 2.97. The highest BCUT2D eigenvalue weighted by atomic mass is 32.2. The van der Waals surface area contributed by atoms with Crippen LogP contribution in [0.5, 0.6) is 0 Å². The minimum absolute atomic E-state index is 0.0166. The summed E-state index contributed by atoms with van der Waals surface area (Å²) in [6.07, 6.45) is 1.51. The molecule has 8 heteroatoms. The number of sulfonamides is 1. The molecule has 2 aromatic rings. The number of thiophene rings is 1. The van der Waals surface area contributed by atoms with Crippen LogP contribution < -0.4 is 10.5 Å². The Morgan fingerprint density at radius 3 is 2.30 bits per heavy atom. The zero-order valence-corrected chi connectivity index (χ0v) is 13.8. The van der Waals surface area contributed by atoms with E-state index in [9.17, 15) is 18.0 Å². The summed E-state index contributed by atoms with van der Waals surface area (Å²) >= 11 is 1.41. The van der Waals surface area contributed by atoms with Crippen LogP contribution >= 0.6 is 11.3 Å². The Kier molecular flexibility index (Phi) is 5.09. The number of Topliss-reactive ketones (excluding diaryl/α,β-unsaturated/α-hetero) is 1. The maximum Gasteiger partial charge on any atom is 0.259 e. The summed E-state index contributed by atoms with van der Waals surface area (Å²) in [4.78, 5) is 24.6. The first-order valence-electron chi connectivity index (χ1n) is 6.48. The molecule has 0 aliphatic rings. The van der Waals surface area contributed by atoms with E-state index in [1.165, 1.54) is 48.6 Å². The Balaban J connectivity index is 2.21. The summed E-state index contributed by atoms with van der Waals surface area (Å²) in [5.74, 6) is -0.925. The molecule has 1 aromatic heterocycles. The quantitative estimate of drug-likeness (QED) is 0.488. The number of hydrogen-bond acceptors (Lipinski definition) is 5. The molecular weight excluding hydrogens is 336 g/mol. The molecule has 1 aromatic carbocycles. The molecule has 1 heterocycles. The predicted molar refractivity (Wildman–Crippen MR) is 89.4 cm³/mol. The van der Waals surface area contributed by atoms with Gasteiger partial charge in [-0.05, 0) is 48.7 Å². The van der Waals surface area contributed by atoms with Crippen molar-refractivity contribution >= 4 is 44.8 Å². The fourth-order valence-corrected chi connectivity index (χ4v) is 2.94. The molecule has 1 amide bonds. The van der Waals surface area contributed by atoms with Crippen LogP contribution in [-0.2, 0) is 19.6 Å². The number of rotatable bonds is 5. The van der Waals surface area contributed by atoms with Crippen LogP contribution in [0.25, 0.3) is 6.08 Å². The van der Waals surface area contributed by atoms with Crippen LogP contribution in [0.3, 0.4) is 0 Å². The molecule has 0 unspecified atom stereocenters. The third-order valence-corrected chi connectivity index (χ3v) is 4.64. The second-order valence-corrected chi connectivity index (χ2v) is 7.19. The van der Waals surface area contributed by atoms with Crippen molar-refractivity contribution in [2.24, 2.45) is 5.14 Å². The number of carbonyl (C=O) groups excluding carboxylic acids is 2. The second-order valence-electron chi connectivity index (χ2n) is 4.65. The zero-order valence-electron chi connectivity index (χ0n) is 12.1. The molecule has 0 aliphatic heterocycles. The summed E-state index contributed by atoms with van der Waals surface area (Å²) in [5.41, 5.74) is 0.378. The first kappa shape index (κ1) is 17.1. The van der Waals surface area contributed by atoms with Gasteiger partial charge in [-0.25, -0.2) is 13.6 Å². The van der Waals surface area contributed by atoms with Crippen molar-refractivity contribution < 1.29 is 18.0 Å². The molecule has 3 N–H and O–H groups in total. The van der Waals surface area contributed by atoms with Gasteiger partial charge in [0.15, 0.2) is 5.78 Å². The van der Waals surface area contributed by atoms with Gasteiger partial charge in [0.1, 0.15) is 0 Å². The number of hydrogen-bond donors (Lipinski definition) is 2. The molecule has 0 saturated heterocycles. The van der Waals surface area contributed by atoms with E-state index in [1.807, 2.05) is 11.4 Å². The molecule has 0 spiro atoms. The van der Waals surface area contributed by atoms with E-state index in [1.54, 1.807) is 6.07 Å². The lowest BCUT2D eigenvalue weighted by Gasteiger charge is -2.07. The Labute approximate surface area is 137 Å². The Bertz CT molecular complexity index is 851. The van der Waals surface area contributed by atoms with Crippen LogP contribution in [-0.4, -0.2) is 20.1 Å². The molecular formula is C15H14N2O4S2. The summed E-state index contributed by atoms with van der Waals surface area (Å²) in [5, 5.41) is 9.40. The number of amides is 1. The fourth-order valence-electron chi connectivity index (χ4n) is 1.77. The minimum Gasteiger partial charge on any atom is -0.322 e. The van der Waals surface area contributed by atoms with Gasteiger partial charge in [-0.3, -0.25) is 9.59 Å². The van der Waals surface area contributed by atoms with Gasteiger partial charge >= 0.3 is 0 Å². The monoisotopic (exact) mass is 350 g/mol. The Morgan fingerprint density at radius 1 is 1.17 bits per heavy atom. The van der Waals surface area contributed by atoms with Crippen molar-refractivity contribution in [1.29, 1.82) is 0 Å². The van der Waals surface area contributed by atoms with Crippen molar-refractivity contribution in [2.75, 3.05) is 5.32 Å². The summed E-state index contributed by atoms with van der Waals surface area (Å²) < 4.78 is 22.4. The summed E-state index contributed by atoms with van der Waals surface area (Å²) in [7, 11) is -3.79. The summed E-state index contributed by atoms with van der Waals surface area (Å²) in [6.45, 7) is 1.31. The third-order valence-electron chi connectivity index (χ3n) is 2.89. The van der Waals surface area contributed by atoms with Gasteiger partial charge < -0.3 is 5.32 Å².